The average molecular weight is 269 g/mol. The largest absolute Gasteiger partial charge is 0.371 e. The molecular weight excluding hydrogens is 248 g/mol. The summed E-state index contributed by atoms with van der Waals surface area (Å²) < 4.78 is 32.9. The molecule has 2 nitrogen and oxygen atoms in total. The number of rotatable bonds is 3. The van der Waals surface area contributed by atoms with Gasteiger partial charge in [0.25, 0.3) is 0 Å². The topological polar surface area (TPSA) is 21.3 Å². The van der Waals surface area contributed by atoms with E-state index in [1.807, 2.05) is 0 Å². The van der Waals surface area contributed by atoms with Crippen LogP contribution in [-0.2, 0) is 4.74 Å². The van der Waals surface area contributed by atoms with Crippen LogP contribution in [0.3, 0.4) is 0 Å². The van der Waals surface area contributed by atoms with Gasteiger partial charge in [-0.05, 0) is 31.0 Å². The van der Waals surface area contributed by atoms with E-state index < -0.39 is 17.7 Å². The zero-order valence-electron chi connectivity index (χ0n) is 11.5. The SMILES string of the molecule is CCC1(CC)CNCC(c2cc(F)ccc2F)OC1. The third kappa shape index (κ3) is 3.12. The molecule has 19 heavy (non-hydrogen) atoms. The second-order valence-corrected chi connectivity index (χ2v) is 5.30. The molecule has 1 fully saturated rings. The Morgan fingerprint density at radius 3 is 2.74 bits per heavy atom. The minimum Gasteiger partial charge on any atom is -0.371 e. The van der Waals surface area contributed by atoms with Gasteiger partial charge in [0.1, 0.15) is 11.6 Å². The molecule has 1 heterocycles. The lowest BCUT2D eigenvalue weighted by molar-refractivity contribution is 0.00860. The van der Waals surface area contributed by atoms with E-state index in [-0.39, 0.29) is 5.41 Å². The van der Waals surface area contributed by atoms with Crippen molar-refractivity contribution in [2.24, 2.45) is 5.41 Å². The van der Waals surface area contributed by atoms with Gasteiger partial charge in [0.05, 0.1) is 12.7 Å². The van der Waals surface area contributed by atoms with Crippen LogP contribution in [0.15, 0.2) is 18.2 Å². The van der Waals surface area contributed by atoms with Crippen molar-refractivity contribution < 1.29 is 13.5 Å². The van der Waals surface area contributed by atoms with Gasteiger partial charge in [0, 0.05) is 24.1 Å². The molecule has 1 aliphatic rings. The summed E-state index contributed by atoms with van der Waals surface area (Å²) in [6.07, 6.45) is 1.60. The van der Waals surface area contributed by atoms with Crippen LogP contribution in [0.4, 0.5) is 8.78 Å². The van der Waals surface area contributed by atoms with Gasteiger partial charge in [0.15, 0.2) is 0 Å². The van der Waals surface area contributed by atoms with Crippen LogP contribution in [0.1, 0.15) is 38.4 Å². The molecule has 2 rings (SSSR count). The predicted molar refractivity (Wildman–Crippen MR) is 70.9 cm³/mol. The first-order valence-electron chi connectivity index (χ1n) is 6.87. The fourth-order valence-electron chi connectivity index (χ4n) is 2.52. The summed E-state index contributed by atoms with van der Waals surface area (Å²) >= 11 is 0. The summed E-state index contributed by atoms with van der Waals surface area (Å²) in [6.45, 7) is 6.22. The quantitative estimate of drug-likeness (QED) is 0.907. The van der Waals surface area contributed by atoms with Crippen molar-refractivity contribution in [1.82, 2.24) is 5.32 Å². The number of nitrogens with one attached hydrogen (secondary N) is 1. The van der Waals surface area contributed by atoms with Crippen LogP contribution in [-0.4, -0.2) is 19.7 Å². The van der Waals surface area contributed by atoms with Crippen LogP contribution in [0.25, 0.3) is 0 Å². The molecule has 106 valence electrons. The molecule has 1 aromatic rings. The van der Waals surface area contributed by atoms with Crippen LogP contribution in [0.2, 0.25) is 0 Å². The molecule has 1 unspecified atom stereocenters. The first kappa shape index (κ1) is 14.4. The molecule has 1 aromatic carbocycles. The van der Waals surface area contributed by atoms with Crippen LogP contribution < -0.4 is 5.32 Å². The number of hydrogen-bond acceptors (Lipinski definition) is 2. The Morgan fingerprint density at radius 2 is 2.05 bits per heavy atom. The number of halogens is 2. The Kier molecular flexibility index (Phi) is 4.53. The lowest BCUT2D eigenvalue weighted by atomic mass is 9.83. The first-order valence-corrected chi connectivity index (χ1v) is 6.87. The third-order valence-electron chi connectivity index (χ3n) is 4.23. The van der Waals surface area contributed by atoms with Gasteiger partial charge in [-0.1, -0.05) is 13.8 Å². The van der Waals surface area contributed by atoms with Gasteiger partial charge in [-0.3, -0.25) is 0 Å². The highest BCUT2D eigenvalue weighted by Crippen LogP contribution is 2.32. The Morgan fingerprint density at radius 1 is 1.32 bits per heavy atom. The average Bonchev–Trinajstić information content (AvgIpc) is 2.64. The minimum absolute atomic E-state index is 0.0958. The molecule has 0 aliphatic carbocycles. The fraction of sp³-hybridized carbons (Fsp3) is 0.600. The maximum absolute atomic E-state index is 13.8. The van der Waals surface area contributed by atoms with Gasteiger partial charge in [-0.2, -0.15) is 0 Å². The van der Waals surface area contributed by atoms with Gasteiger partial charge < -0.3 is 10.1 Å². The molecule has 0 saturated carbocycles. The van der Waals surface area contributed by atoms with E-state index in [0.717, 1.165) is 31.5 Å². The molecule has 0 bridgehead atoms. The monoisotopic (exact) mass is 269 g/mol. The second kappa shape index (κ2) is 5.97. The number of ether oxygens (including phenoxy) is 1. The van der Waals surface area contributed by atoms with E-state index in [2.05, 4.69) is 19.2 Å². The van der Waals surface area contributed by atoms with E-state index >= 15 is 0 Å². The summed E-state index contributed by atoms with van der Waals surface area (Å²) in [5, 5.41) is 3.32. The second-order valence-electron chi connectivity index (χ2n) is 5.30. The van der Waals surface area contributed by atoms with Crippen LogP contribution in [0, 0.1) is 17.0 Å². The molecule has 1 atom stereocenters. The summed E-state index contributed by atoms with van der Waals surface area (Å²) in [5.41, 5.74) is 0.397. The Labute approximate surface area is 113 Å². The summed E-state index contributed by atoms with van der Waals surface area (Å²) in [4.78, 5) is 0. The Balaban J connectivity index is 2.17. The molecular formula is C15H21F2NO. The van der Waals surface area contributed by atoms with Crippen molar-refractivity contribution in [1.29, 1.82) is 0 Å². The van der Waals surface area contributed by atoms with E-state index in [4.69, 9.17) is 4.74 Å². The van der Waals surface area contributed by atoms with Crippen molar-refractivity contribution >= 4 is 0 Å². The van der Waals surface area contributed by atoms with Gasteiger partial charge in [-0.15, -0.1) is 0 Å². The van der Waals surface area contributed by atoms with E-state index in [1.54, 1.807) is 0 Å². The minimum atomic E-state index is -0.429. The number of hydrogen-bond donors (Lipinski definition) is 1. The van der Waals surface area contributed by atoms with Gasteiger partial charge in [-0.25, -0.2) is 8.78 Å². The highest BCUT2D eigenvalue weighted by atomic mass is 19.1. The zero-order valence-corrected chi connectivity index (χ0v) is 11.5. The molecule has 1 aliphatic heterocycles. The molecule has 4 heteroatoms. The lowest BCUT2D eigenvalue weighted by Crippen LogP contribution is -2.34. The smallest absolute Gasteiger partial charge is 0.129 e. The van der Waals surface area contributed by atoms with E-state index in [0.29, 0.717) is 18.7 Å². The molecule has 0 amide bonds. The summed E-state index contributed by atoms with van der Waals surface area (Å²) in [7, 11) is 0. The van der Waals surface area contributed by atoms with Gasteiger partial charge >= 0.3 is 0 Å². The van der Waals surface area contributed by atoms with Crippen LogP contribution >= 0.6 is 0 Å². The summed E-state index contributed by atoms with van der Waals surface area (Å²) in [5.74, 6) is -0.838. The standard InChI is InChI=1S/C15H21F2NO/c1-3-15(4-2)9-18-8-14(19-10-15)12-7-11(16)5-6-13(12)17/h5-7,14,18H,3-4,8-10H2,1-2H3. The van der Waals surface area contributed by atoms with E-state index in [9.17, 15) is 8.78 Å². The maximum Gasteiger partial charge on any atom is 0.129 e. The van der Waals surface area contributed by atoms with E-state index in [1.165, 1.54) is 6.07 Å². The van der Waals surface area contributed by atoms with Crippen molar-refractivity contribution in [3.05, 3.63) is 35.4 Å². The molecule has 0 radical (unpaired) electrons. The molecule has 0 spiro atoms. The molecule has 0 aromatic heterocycles. The lowest BCUT2D eigenvalue weighted by Gasteiger charge is -2.29. The molecule has 1 saturated heterocycles. The van der Waals surface area contributed by atoms with Crippen molar-refractivity contribution in [2.45, 2.75) is 32.8 Å². The van der Waals surface area contributed by atoms with Crippen molar-refractivity contribution in [2.75, 3.05) is 19.7 Å². The van der Waals surface area contributed by atoms with Crippen LogP contribution in [0.5, 0.6) is 0 Å². The first-order chi connectivity index (χ1) is 9.10. The van der Waals surface area contributed by atoms with Crippen molar-refractivity contribution in [3.63, 3.8) is 0 Å². The highest BCUT2D eigenvalue weighted by molar-refractivity contribution is 5.22. The normalized spacial score (nSPS) is 23.1. The zero-order chi connectivity index (χ0) is 13.9. The maximum atomic E-state index is 13.8. The number of benzene rings is 1. The Bertz CT molecular complexity index is 432. The fourth-order valence-corrected chi connectivity index (χ4v) is 2.52. The Hall–Kier alpha value is -1.00. The summed E-state index contributed by atoms with van der Waals surface area (Å²) in [6, 6.07) is 3.52. The third-order valence-corrected chi connectivity index (χ3v) is 4.23. The highest BCUT2D eigenvalue weighted by Gasteiger charge is 2.31. The predicted octanol–water partition coefficient (Wildman–Crippen LogP) is 3.43. The molecule has 1 N–H and O–H groups in total. The van der Waals surface area contributed by atoms with Crippen molar-refractivity contribution in [3.8, 4) is 0 Å². The van der Waals surface area contributed by atoms with Gasteiger partial charge in [0.2, 0.25) is 0 Å².